The largest absolute Gasteiger partial charge is 0.458 e. The summed E-state index contributed by atoms with van der Waals surface area (Å²) >= 11 is 0. The number of benzene rings is 3. The molecule has 4 aromatic rings. The molecule has 2 unspecified atom stereocenters. The van der Waals surface area contributed by atoms with Crippen LogP contribution >= 0.6 is 0 Å². The Hall–Kier alpha value is -4.19. The molecule has 1 aromatic heterocycles. The summed E-state index contributed by atoms with van der Waals surface area (Å²) in [4.78, 5) is 24.9. The Morgan fingerprint density at radius 1 is 1.03 bits per heavy atom. The first-order chi connectivity index (χ1) is 17.9. The Morgan fingerprint density at radius 2 is 1.73 bits per heavy atom. The fraction of sp³-hybridized carbons (Fsp3) is 0.226. The number of rotatable bonds is 6. The average Bonchev–Trinajstić information content (AvgIpc) is 3.22. The lowest BCUT2D eigenvalue weighted by Gasteiger charge is -2.27. The van der Waals surface area contributed by atoms with Gasteiger partial charge in [-0.05, 0) is 61.9 Å². The predicted molar refractivity (Wildman–Crippen MR) is 142 cm³/mol. The van der Waals surface area contributed by atoms with E-state index in [1.807, 2.05) is 30.4 Å². The van der Waals surface area contributed by atoms with Gasteiger partial charge in [0.25, 0.3) is 0 Å². The lowest BCUT2D eigenvalue weighted by Crippen LogP contribution is -2.34. The maximum absolute atomic E-state index is 13.7. The van der Waals surface area contributed by atoms with Crippen molar-refractivity contribution in [2.75, 3.05) is 0 Å². The van der Waals surface area contributed by atoms with E-state index in [0.717, 1.165) is 27.7 Å². The molecule has 6 heteroatoms. The van der Waals surface area contributed by atoms with Gasteiger partial charge in [0.15, 0.2) is 0 Å². The molecule has 0 spiro atoms. The van der Waals surface area contributed by atoms with Crippen LogP contribution in [0.5, 0.6) is 0 Å². The number of ether oxygens (including phenoxy) is 2. The van der Waals surface area contributed by atoms with E-state index < -0.39 is 24.1 Å². The molecule has 37 heavy (non-hydrogen) atoms. The van der Waals surface area contributed by atoms with Crippen molar-refractivity contribution in [3.8, 4) is 11.1 Å². The molecule has 0 saturated carbocycles. The molecular weight excluding hydrogens is 469 g/mol. The number of nitrogens with zero attached hydrogens (tertiary/aromatic N) is 1. The van der Waals surface area contributed by atoms with Gasteiger partial charge in [-0.2, -0.15) is 0 Å². The Labute approximate surface area is 215 Å². The Balaban J connectivity index is 1.48. The molecule has 1 aliphatic heterocycles. The zero-order valence-corrected chi connectivity index (χ0v) is 20.8. The van der Waals surface area contributed by atoms with Crippen LogP contribution in [0, 0.1) is 5.82 Å². The quantitative estimate of drug-likeness (QED) is 0.270. The zero-order valence-electron chi connectivity index (χ0n) is 20.8. The zero-order chi connectivity index (χ0) is 25.9. The van der Waals surface area contributed by atoms with E-state index in [1.54, 1.807) is 36.4 Å². The molecule has 2 atom stereocenters. The van der Waals surface area contributed by atoms with Crippen LogP contribution in [0.2, 0.25) is 0 Å². The summed E-state index contributed by atoms with van der Waals surface area (Å²) in [5, 5.41) is 1.05. The van der Waals surface area contributed by atoms with Crippen molar-refractivity contribution >= 4 is 28.9 Å². The summed E-state index contributed by atoms with van der Waals surface area (Å²) in [6.45, 7) is 4.22. The van der Waals surface area contributed by atoms with Gasteiger partial charge in [-0.1, -0.05) is 48.5 Å². The van der Waals surface area contributed by atoms with Gasteiger partial charge >= 0.3 is 11.9 Å². The molecule has 2 heterocycles. The smallest absolute Gasteiger partial charge is 0.338 e. The third-order valence-corrected chi connectivity index (χ3v) is 6.52. The number of hydrogen-bond donors (Lipinski definition) is 0. The maximum atomic E-state index is 13.7. The maximum Gasteiger partial charge on any atom is 0.338 e. The molecule has 0 aliphatic carbocycles. The van der Waals surface area contributed by atoms with Crippen LogP contribution in [0.4, 0.5) is 4.39 Å². The molecule has 0 amide bonds. The highest BCUT2D eigenvalue weighted by molar-refractivity contribution is 6.01. The van der Waals surface area contributed by atoms with Crippen LogP contribution in [-0.2, 0) is 14.3 Å². The Morgan fingerprint density at radius 3 is 2.46 bits per heavy atom. The number of aromatic nitrogens is 1. The lowest BCUT2D eigenvalue weighted by molar-refractivity contribution is -0.156. The summed E-state index contributed by atoms with van der Waals surface area (Å²) in [5.41, 5.74) is 4.31. The minimum Gasteiger partial charge on any atom is -0.458 e. The summed E-state index contributed by atoms with van der Waals surface area (Å²) in [7, 11) is 0. The lowest BCUT2D eigenvalue weighted by atomic mass is 10.00. The van der Waals surface area contributed by atoms with Crippen molar-refractivity contribution in [3.63, 3.8) is 0 Å². The van der Waals surface area contributed by atoms with Crippen molar-refractivity contribution < 1.29 is 23.5 Å². The van der Waals surface area contributed by atoms with Crippen molar-refractivity contribution in [2.24, 2.45) is 0 Å². The first-order valence-electron chi connectivity index (χ1n) is 12.4. The van der Waals surface area contributed by atoms with Gasteiger partial charge in [0.1, 0.15) is 18.0 Å². The van der Waals surface area contributed by atoms with Crippen molar-refractivity contribution in [1.82, 2.24) is 4.57 Å². The minimum atomic E-state index is -0.573. The standard InChI is InChI=1S/C31H28FNO4/c1-20(2)33-27-11-7-6-10-26(27)30(21-12-14-23(32)15-13-21)28(33)17-16-24-18-25(19-29(34)36-24)37-31(35)22-8-4-3-5-9-22/h3-17,20,24-25H,18-19H2,1-2H3/b17-16+. The molecule has 0 radical (unpaired) electrons. The molecule has 5 rings (SSSR count). The van der Waals surface area contributed by atoms with Gasteiger partial charge in [0.2, 0.25) is 0 Å². The van der Waals surface area contributed by atoms with Gasteiger partial charge in [0.05, 0.1) is 12.0 Å². The number of esters is 2. The second-order valence-corrected chi connectivity index (χ2v) is 9.47. The number of fused-ring (bicyclic) bond motifs is 1. The van der Waals surface area contributed by atoms with E-state index in [4.69, 9.17) is 9.47 Å². The van der Waals surface area contributed by atoms with E-state index in [1.165, 1.54) is 12.1 Å². The number of cyclic esters (lactones) is 1. The fourth-order valence-corrected chi connectivity index (χ4v) is 4.92. The van der Waals surface area contributed by atoms with E-state index in [2.05, 4.69) is 30.5 Å². The fourth-order valence-electron chi connectivity index (χ4n) is 4.92. The molecule has 188 valence electrons. The van der Waals surface area contributed by atoms with Gasteiger partial charge in [-0.3, -0.25) is 4.79 Å². The second-order valence-electron chi connectivity index (χ2n) is 9.47. The highest BCUT2D eigenvalue weighted by Crippen LogP contribution is 2.38. The highest BCUT2D eigenvalue weighted by atomic mass is 19.1. The third-order valence-electron chi connectivity index (χ3n) is 6.52. The first kappa shape index (κ1) is 24.5. The van der Waals surface area contributed by atoms with Crippen LogP contribution in [0.15, 0.2) is 84.9 Å². The molecule has 3 aromatic carbocycles. The van der Waals surface area contributed by atoms with Gasteiger partial charge < -0.3 is 14.0 Å². The van der Waals surface area contributed by atoms with Crippen LogP contribution in [0.1, 0.15) is 48.8 Å². The summed E-state index contributed by atoms with van der Waals surface area (Å²) in [6.07, 6.45) is 3.08. The van der Waals surface area contributed by atoms with Crippen LogP contribution in [-0.4, -0.2) is 28.7 Å². The SMILES string of the molecule is CC(C)n1c(/C=C/C2CC(OC(=O)c3ccccc3)CC(=O)O2)c(-c2ccc(F)cc2)c2ccccc21. The number of hydrogen-bond acceptors (Lipinski definition) is 4. The van der Waals surface area contributed by atoms with Crippen molar-refractivity contribution in [2.45, 2.75) is 44.9 Å². The normalized spacial score (nSPS) is 17.9. The molecule has 1 saturated heterocycles. The van der Waals surface area contributed by atoms with E-state index in [-0.39, 0.29) is 18.3 Å². The number of para-hydroxylation sites is 1. The van der Waals surface area contributed by atoms with Crippen LogP contribution < -0.4 is 0 Å². The highest BCUT2D eigenvalue weighted by Gasteiger charge is 2.30. The van der Waals surface area contributed by atoms with Gasteiger partial charge in [0, 0.05) is 34.6 Å². The first-order valence-corrected chi connectivity index (χ1v) is 12.4. The summed E-state index contributed by atoms with van der Waals surface area (Å²) in [5.74, 6) is -1.16. The minimum absolute atomic E-state index is 0.0238. The molecule has 1 aliphatic rings. The Kier molecular flexibility index (Phi) is 6.91. The molecule has 5 nitrogen and oxygen atoms in total. The number of carbonyl (C=O) groups excluding carboxylic acids is 2. The summed E-state index contributed by atoms with van der Waals surface area (Å²) in [6, 6.07) is 23.5. The van der Waals surface area contributed by atoms with Crippen molar-refractivity contribution in [1.29, 1.82) is 0 Å². The second kappa shape index (κ2) is 10.4. The Bertz CT molecular complexity index is 1450. The van der Waals surface area contributed by atoms with Gasteiger partial charge in [-0.25, -0.2) is 9.18 Å². The number of carbonyl (C=O) groups is 2. The third kappa shape index (κ3) is 5.19. The number of halogens is 1. The monoisotopic (exact) mass is 497 g/mol. The van der Waals surface area contributed by atoms with Crippen molar-refractivity contribution in [3.05, 3.63) is 102 Å². The van der Waals surface area contributed by atoms with Gasteiger partial charge in [-0.15, -0.1) is 0 Å². The average molecular weight is 498 g/mol. The van der Waals surface area contributed by atoms with E-state index in [0.29, 0.717) is 12.0 Å². The van der Waals surface area contributed by atoms with Crippen LogP contribution in [0.25, 0.3) is 28.1 Å². The van der Waals surface area contributed by atoms with E-state index >= 15 is 0 Å². The van der Waals surface area contributed by atoms with E-state index in [9.17, 15) is 14.0 Å². The van der Waals surface area contributed by atoms with Crippen LogP contribution in [0.3, 0.4) is 0 Å². The topological polar surface area (TPSA) is 57.5 Å². The molecule has 0 bridgehead atoms. The molecular formula is C31H28FNO4. The predicted octanol–water partition coefficient (Wildman–Crippen LogP) is 6.97. The molecule has 1 fully saturated rings. The molecule has 0 N–H and O–H groups in total. The summed E-state index contributed by atoms with van der Waals surface area (Å²) < 4.78 is 27.1.